The van der Waals surface area contributed by atoms with Crippen LogP contribution in [-0.4, -0.2) is 50.2 Å². The van der Waals surface area contributed by atoms with Crippen molar-refractivity contribution in [2.45, 2.75) is 38.5 Å². The van der Waals surface area contributed by atoms with E-state index < -0.39 is 0 Å². The van der Waals surface area contributed by atoms with Gasteiger partial charge in [-0.05, 0) is 31.4 Å². The molecule has 0 unspecified atom stereocenters. The molecule has 9 nitrogen and oxygen atoms in total. The number of fused-ring (bicyclic) bond motifs is 2. The van der Waals surface area contributed by atoms with E-state index in [-0.39, 0.29) is 25.2 Å². The van der Waals surface area contributed by atoms with Crippen molar-refractivity contribution >= 4 is 17.5 Å². The summed E-state index contributed by atoms with van der Waals surface area (Å²) in [4.78, 5) is 17.4. The highest BCUT2D eigenvalue weighted by molar-refractivity contribution is 6.33. The van der Waals surface area contributed by atoms with Gasteiger partial charge in [-0.3, -0.25) is 4.79 Å². The van der Waals surface area contributed by atoms with Crippen molar-refractivity contribution in [3.05, 3.63) is 58.4 Å². The summed E-state index contributed by atoms with van der Waals surface area (Å²) >= 11 is 6.55. The molecular weight excluding hydrogens is 434 g/mol. The Balaban J connectivity index is 1.40. The number of hydrogen-bond donors (Lipinski definition) is 2. The lowest BCUT2D eigenvalue weighted by Gasteiger charge is -2.25. The number of amides is 1. The van der Waals surface area contributed by atoms with E-state index in [1.165, 1.54) is 0 Å². The fourth-order valence-corrected chi connectivity index (χ4v) is 4.56. The lowest BCUT2D eigenvalue weighted by atomic mass is 10.0. The van der Waals surface area contributed by atoms with E-state index in [0.29, 0.717) is 35.4 Å². The van der Waals surface area contributed by atoms with Crippen LogP contribution in [0.15, 0.2) is 30.7 Å². The Kier molecular flexibility index (Phi) is 5.86. The molecule has 0 aliphatic carbocycles. The molecule has 2 N–H and O–H groups in total. The molecule has 1 aromatic carbocycles. The van der Waals surface area contributed by atoms with Crippen molar-refractivity contribution in [1.29, 1.82) is 0 Å². The summed E-state index contributed by atoms with van der Waals surface area (Å²) in [5.74, 6) is 0.265. The summed E-state index contributed by atoms with van der Waals surface area (Å²) in [5.41, 5.74) is 3.82. The van der Waals surface area contributed by atoms with Crippen LogP contribution in [0.1, 0.15) is 46.3 Å². The molecule has 0 saturated carbocycles. The van der Waals surface area contributed by atoms with Gasteiger partial charge in [-0.25, -0.2) is 9.67 Å². The highest BCUT2D eigenvalue weighted by atomic mass is 35.5. The van der Waals surface area contributed by atoms with E-state index in [2.05, 4.69) is 20.0 Å². The number of ether oxygens (including phenoxy) is 2. The maximum atomic E-state index is 13.0. The number of carbonyl (C=O) groups is 1. The SMILES string of the molecule is O=C(N[C@H]1COCc2c1cnn2-c1cccc(OCCO)c1Cl)c1ncn2c1CCCC2. The van der Waals surface area contributed by atoms with E-state index in [4.69, 9.17) is 26.2 Å². The van der Waals surface area contributed by atoms with Crippen molar-refractivity contribution in [2.75, 3.05) is 19.8 Å². The number of carbonyl (C=O) groups excluding carboxylic acids is 1. The number of rotatable bonds is 6. The lowest BCUT2D eigenvalue weighted by molar-refractivity contribution is 0.0684. The highest BCUT2D eigenvalue weighted by Gasteiger charge is 2.29. The zero-order chi connectivity index (χ0) is 22.1. The number of nitrogens with zero attached hydrogens (tertiary/aromatic N) is 4. The van der Waals surface area contributed by atoms with Crippen LogP contribution in [0.3, 0.4) is 0 Å². The number of aliphatic hydroxyl groups is 1. The number of nitrogens with one attached hydrogen (secondary N) is 1. The minimum atomic E-state index is -0.339. The fourth-order valence-electron chi connectivity index (χ4n) is 4.30. The van der Waals surface area contributed by atoms with Crippen LogP contribution < -0.4 is 10.1 Å². The van der Waals surface area contributed by atoms with Crippen molar-refractivity contribution < 1.29 is 19.4 Å². The van der Waals surface area contributed by atoms with Gasteiger partial charge in [0.2, 0.25) is 0 Å². The largest absolute Gasteiger partial charge is 0.490 e. The molecule has 168 valence electrons. The highest BCUT2D eigenvalue weighted by Crippen LogP contribution is 2.34. The number of aromatic nitrogens is 4. The molecule has 0 spiro atoms. The van der Waals surface area contributed by atoms with Crippen molar-refractivity contribution in [3.63, 3.8) is 0 Å². The maximum absolute atomic E-state index is 13.0. The van der Waals surface area contributed by atoms with Crippen LogP contribution in [0.25, 0.3) is 5.69 Å². The predicted octanol–water partition coefficient (Wildman–Crippen LogP) is 2.43. The van der Waals surface area contributed by atoms with Gasteiger partial charge >= 0.3 is 0 Å². The molecule has 5 rings (SSSR count). The molecule has 1 atom stereocenters. The first-order chi connectivity index (χ1) is 15.7. The molecule has 1 amide bonds. The van der Waals surface area contributed by atoms with Crippen molar-refractivity contribution in [3.8, 4) is 11.4 Å². The van der Waals surface area contributed by atoms with E-state index in [1.807, 2.05) is 12.1 Å². The average molecular weight is 458 g/mol. The number of aryl methyl sites for hydroxylation is 1. The quantitative estimate of drug-likeness (QED) is 0.589. The Bertz CT molecular complexity index is 1140. The summed E-state index contributed by atoms with van der Waals surface area (Å²) in [6, 6.07) is 5.05. The predicted molar refractivity (Wildman–Crippen MR) is 116 cm³/mol. The second-order valence-corrected chi connectivity index (χ2v) is 8.23. The minimum absolute atomic E-state index is 0.104. The second kappa shape index (κ2) is 8.93. The molecule has 2 aliphatic heterocycles. The molecule has 4 heterocycles. The van der Waals surface area contributed by atoms with Gasteiger partial charge in [0.05, 0.1) is 55.5 Å². The van der Waals surface area contributed by atoms with E-state index in [1.54, 1.807) is 23.3 Å². The normalized spacial score (nSPS) is 17.5. The molecule has 3 aromatic rings. The number of aliphatic hydroxyl groups excluding tert-OH is 1. The third kappa shape index (κ3) is 3.76. The van der Waals surface area contributed by atoms with Crippen LogP contribution in [0.2, 0.25) is 5.02 Å². The molecule has 10 heteroatoms. The number of hydrogen-bond acceptors (Lipinski definition) is 6. The van der Waals surface area contributed by atoms with Gasteiger partial charge in [0.1, 0.15) is 23.1 Å². The maximum Gasteiger partial charge on any atom is 0.272 e. The molecule has 0 radical (unpaired) electrons. The Morgan fingerprint density at radius 3 is 3.12 bits per heavy atom. The minimum Gasteiger partial charge on any atom is -0.490 e. The molecule has 0 bridgehead atoms. The molecule has 0 fully saturated rings. The van der Waals surface area contributed by atoms with Gasteiger partial charge in [-0.2, -0.15) is 5.10 Å². The van der Waals surface area contributed by atoms with E-state index in [0.717, 1.165) is 42.8 Å². The average Bonchev–Trinajstić information content (AvgIpc) is 3.44. The number of halogens is 1. The van der Waals surface area contributed by atoms with Gasteiger partial charge in [0.25, 0.3) is 5.91 Å². The van der Waals surface area contributed by atoms with Crippen molar-refractivity contribution in [2.24, 2.45) is 0 Å². The topological polar surface area (TPSA) is 103 Å². The summed E-state index contributed by atoms with van der Waals surface area (Å²) < 4.78 is 15.1. The van der Waals surface area contributed by atoms with Crippen LogP contribution in [0.4, 0.5) is 0 Å². The van der Waals surface area contributed by atoms with Gasteiger partial charge in [0.15, 0.2) is 0 Å². The molecule has 2 aliphatic rings. The Morgan fingerprint density at radius 2 is 2.25 bits per heavy atom. The molecular formula is C22H24ClN5O4. The first kappa shape index (κ1) is 21.0. The van der Waals surface area contributed by atoms with Crippen LogP contribution in [0, 0.1) is 0 Å². The molecule has 0 saturated heterocycles. The third-order valence-electron chi connectivity index (χ3n) is 5.85. The van der Waals surface area contributed by atoms with Crippen LogP contribution in [-0.2, 0) is 24.3 Å². The van der Waals surface area contributed by atoms with E-state index in [9.17, 15) is 4.79 Å². The molecule has 2 aromatic heterocycles. The number of imidazole rings is 1. The third-order valence-corrected chi connectivity index (χ3v) is 6.23. The first-order valence-electron chi connectivity index (χ1n) is 10.7. The first-order valence-corrected chi connectivity index (χ1v) is 11.1. The van der Waals surface area contributed by atoms with Gasteiger partial charge in [-0.1, -0.05) is 17.7 Å². The summed E-state index contributed by atoms with van der Waals surface area (Å²) in [6.07, 6.45) is 6.52. The lowest BCUT2D eigenvalue weighted by Crippen LogP contribution is -2.35. The van der Waals surface area contributed by atoms with Gasteiger partial charge < -0.3 is 24.5 Å². The fraction of sp³-hybridized carbons (Fsp3) is 0.409. The van der Waals surface area contributed by atoms with Gasteiger partial charge in [0, 0.05) is 12.1 Å². The summed E-state index contributed by atoms with van der Waals surface area (Å²) in [5, 5.41) is 17.0. The Labute approximate surface area is 189 Å². The van der Waals surface area contributed by atoms with E-state index >= 15 is 0 Å². The Hall–Kier alpha value is -2.88. The van der Waals surface area contributed by atoms with Crippen LogP contribution in [0.5, 0.6) is 5.75 Å². The smallest absolute Gasteiger partial charge is 0.272 e. The monoisotopic (exact) mass is 457 g/mol. The van der Waals surface area contributed by atoms with Crippen LogP contribution >= 0.6 is 11.6 Å². The summed E-state index contributed by atoms with van der Waals surface area (Å²) in [7, 11) is 0. The molecule has 32 heavy (non-hydrogen) atoms. The second-order valence-electron chi connectivity index (χ2n) is 7.85. The zero-order valence-electron chi connectivity index (χ0n) is 17.5. The van der Waals surface area contributed by atoms with Crippen molar-refractivity contribution in [1.82, 2.24) is 24.6 Å². The number of benzene rings is 1. The standard InChI is InChI=1S/C22H24ClN5O4/c23-20-16(5-3-6-19(20)32-9-8-29)28-18-12-31-11-15(14(18)10-25-28)26-22(30)21-17-4-1-2-7-27(17)13-24-21/h3,5-6,10,13,15,29H,1-2,4,7-9,11-12H2,(H,26,30)/t15-/m0/s1. The summed E-state index contributed by atoms with van der Waals surface area (Å²) in [6.45, 7) is 1.65. The zero-order valence-corrected chi connectivity index (χ0v) is 18.2. The Morgan fingerprint density at radius 1 is 1.34 bits per heavy atom. The van der Waals surface area contributed by atoms with Gasteiger partial charge in [-0.15, -0.1) is 0 Å².